The summed E-state index contributed by atoms with van der Waals surface area (Å²) in [4.78, 5) is 13.2. The molecule has 1 radical (unpaired) electrons. The smallest absolute Gasteiger partial charge is 0.410 e. The number of hydrogen-bond acceptors (Lipinski definition) is 2. The largest absolute Gasteiger partial charge is 0.415 e. The van der Waals surface area contributed by atoms with Crippen molar-refractivity contribution < 1.29 is 9.53 Å². The lowest BCUT2D eigenvalue weighted by Gasteiger charge is -2.23. The first-order valence-corrected chi connectivity index (χ1v) is 4.98. The predicted molar refractivity (Wildman–Crippen MR) is 59.7 cm³/mol. The fourth-order valence-electron chi connectivity index (χ4n) is 1.21. The summed E-state index contributed by atoms with van der Waals surface area (Å²) in [6.45, 7) is 7.96. The summed E-state index contributed by atoms with van der Waals surface area (Å²) >= 11 is 0. The molecular weight excluding hydrogens is 190 g/mol. The van der Waals surface area contributed by atoms with Crippen LogP contribution in [0.15, 0.2) is 30.3 Å². The fourth-order valence-corrected chi connectivity index (χ4v) is 1.21. The number of benzene rings is 1. The molecular formula is C12H16NO2. The SMILES string of the molecule is [CH2]CN(C(=O)Oc1ccccc1)C(C)C. The molecule has 0 atom stereocenters. The zero-order valence-corrected chi connectivity index (χ0v) is 9.14. The number of carbonyl (C=O) groups excluding carboxylic acids is 1. The van der Waals surface area contributed by atoms with Crippen LogP contribution in [0.3, 0.4) is 0 Å². The Balaban J connectivity index is 2.62. The van der Waals surface area contributed by atoms with E-state index in [-0.39, 0.29) is 12.1 Å². The molecule has 1 aromatic rings. The Morgan fingerprint density at radius 1 is 1.40 bits per heavy atom. The van der Waals surface area contributed by atoms with Crippen molar-refractivity contribution in [2.45, 2.75) is 19.9 Å². The summed E-state index contributed by atoms with van der Waals surface area (Å²) in [6, 6.07) is 9.12. The monoisotopic (exact) mass is 206 g/mol. The first kappa shape index (κ1) is 11.6. The van der Waals surface area contributed by atoms with E-state index in [1.807, 2.05) is 32.0 Å². The second-order valence-electron chi connectivity index (χ2n) is 3.47. The zero-order chi connectivity index (χ0) is 11.3. The standard InChI is InChI=1S/C12H16NO2/c1-4-13(10(2)3)12(14)15-11-8-6-5-7-9-11/h5-10H,1,4H2,2-3H3. The number of para-hydroxylation sites is 1. The van der Waals surface area contributed by atoms with Gasteiger partial charge in [0.05, 0.1) is 0 Å². The van der Waals surface area contributed by atoms with E-state index in [0.29, 0.717) is 12.3 Å². The summed E-state index contributed by atoms with van der Waals surface area (Å²) in [5.74, 6) is 0.557. The Morgan fingerprint density at radius 3 is 2.47 bits per heavy atom. The molecule has 0 spiro atoms. The van der Waals surface area contributed by atoms with E-state index in [2.05, 4.69) is 6.92 Å². The van der Waals surface area contributed by atoms with Crippen LogP contribution in [0, 0.1) is 6.92 Å². The Bertz CT molecular complexity index is 309. The van der Waals surface area contributed by atoms with Gasteiger partial charge >= 0.3 is 6.09 Å². The van der Waals surface area contributed by atoms with E-state index in [1.54, 1.807) is 17.0 Å². The van der Waals surface area contributed by atoms with Gasteiger partial charge in [0, 0.05) is 12.6 Å². The number of ether oxygens (including phenoxy) is 1. The first-order valence-electron chi connectivity index (χ1n) is 4.98. The van der Waals surface area contributed by atoms with Crippen molar-refractivity contribution in [3.05, 3.63) is 37.3 Å². The van der Waals surface area contributed by atoms with Crippen LogP contribution in [-0.2, 0) is 0 Å². The van der Waals surface area contributed by atoms with Gasteiger partial charge < -0.3 is 9.64 Å². The molecule has 3 nitrogen and oxygen atoms in total. The van der Waals surface area contributed by atoms with Crippen LogP contribution in [0.4, 0.5) is 4.79 Å². The van der Waals surface area contributed by atoms with Gasteiger partial charge in [0.25, 0.3) is 0 Å². The fraction of sp³-hybridized carbons (Fsp3) is 0.333. The molecule has 0 aliphatic rings. The van der Waals surface area contributed by atoms with Crippen molar-refractivity contribution in [2.24, 2.45) is 0 Å². The summed E-state index contributed by atoms with van der Waals surface area (Å²) in [5, 5.41) is 0. The Morgan fingerprint density at radius 2 is 2.00 bits per heavy atom. The van der Waals surface area contributed by atoms with Crippen LogP contribution in [-0.4, -0.2) is 23.6 Å². The lowest BCUT2D eigenvalue weighted by molar-refractivity contribution is 0.145. The van der Waals surface area contributed by atoms with Crippen molar-refractivity contribution in [1.82, 2.24) is 4.90 Å². The van der Waals surface area contributed by atoms with Crippen LogP contribution >= 0.6 is 0 Å². The van der Waals surface area contributed by atoms with Crippen molar-refractivity contribution in [3.63, 3.8) is 0 Å². The van der Waals surface area contributed by atoms with Crippen LogP contribution < -0.4 is 4.74 Å². The molecule has 0 bridgehead atoms. The van der Waals surface area contributed by atoms with Crippen molar-refractivity contribution in [1.29, 1.82) is 0 Å². The maximum atomic E-state index is 11.6. The van der Waals surface area contributed by atoms with Crippen LogP contribution in [0.1, 0.15) is 13.8 Å². The molecule has 1 rings (SSSR count). The predicted octanol–water partition coefficient (Wildman–Crippen LogP) is 2.73. The highest BCUT2D eigenvalue weighted by Gasteiger charge is 2.16. The highest BCUT2D eigenvalue weighted by molar-refractivity contribution is 5.71. The minimum atomic E-state index is -0.355. The number of amides is 1. The molecule has 0 unspecified atom stereocenters. The molecule has 0 fully saturated rings. The highest BCUT2D eigenvalue weighted by Crippen LogP contribution is 2.11. The van der Waals surface area contributed by atoms with Crippen LogP contribution in [0.5, 0.6) is 5.75 Å². The molecule has 0 saturated heterocycles. The second kappa shape index (κ2) is 5.39. The van der Waals surface area contributed by atoms with Gasteiger partial charge in [0.1, 0.15) is 5.75 Å². The zero-order valence-electron chi connectivity index (χ0n) is 9.14. The second-order valence-corrected chi connectivity index (χ2v) is 3.47. The Labute approximate surface area is 90.7 Å². The van der Waals surface area contributed by atoms with E-state index in [9.17, 15) is 4.79 Å². The maximum Gasteiger partial charge on any atom is 0.415 e. The molecule has 15 heavy (non-hydrogen) atoms. The lowest BCUT2D eigenvalue weighted by atomic mass is 10.3. The molecule has 1 aromatic carbocycles. The summed E-state index contributed by atoms with van der Waals surface area (Å²) in [7, 11) is 0. The molecule has 0 aliphatic heterocycles. The third kappa shape index (κ3) is 3.27. The Kier molecular flexibility index (Phi) is 4.16. The quantitative estimate of drug-likeness (QED) is 0.761. The highest BCUT2D eigenvalue weighted by atomic mass is 16.6. The topological polar surface area (TPSA) is 29.5 Å². The third-order valence-corrected chi connectivity index (χ3v) is 2.05. The minimum absolute atomic E-state index is 0.0960. The molecule has 3 heteroatoms. The van der Waals surface area contributed by atoms with Gasteiger partial charge in [-0.05, 0) is 32.9 Å². The maximum absolute atomic E-state index is 11.6. The van der Waals surface area contributed by atoms with E-state index >= 15 is 0 Å². The van der Waals surface area contributed by atoms with Crippen molar-refractivity contribution in [3.8, 4) is 5.75 Å². The summed E-state index contributed by atoms with van der Waals surface area (Å²) in [5.41, 5.74) is 0. The van der Waals surface area contributed by atoms with Crippen LogP contribution in [0.25, 0.3) is 0 Å². The van der Waals surface area contributed by atoms with Gasteiger partial charge in [0.2, 0.25) is 0 Å². The molecule has 0 saturated carbocycles. The van der Waals surface area contributed by atoms with Gasteiger partial charge in [0.15, 0.2) is 0 Å². The first-order chi connectivity index (χ1) is 7.15. The molecule has 0 aromatic heterocycles. The number of rotatable bonds is 3. The van der Waals surface area contributed by atoms with Crippen LogP contribution in [0.2, 0.25) is 0 Å². The summed E-state index contributed by atoms with van der Waals surface area (Å²) < 4.78 is 5.18. The van der Waals surface area contributed by atoms with E-state index in [0.717, 1.165) is 0 Å². The summed E-state index contributed by atoms with van der Waals surface area (Å²) in [6.07, 6.45) is -0.355. The minimum Gasteiger partial charge on any atom is -0.410 e. The Hall–Kier alpha value is -1.51. The van der Waals surface area contributed by atoms with Gasteiger partial charge in [-0.2, -0.15) is 0 Å². The molecule has 1 amide bonds. The van der Waals surface area contributed by atoms with Gasteiger partial charge in [-0.1, -0.05) is 18.2 Å². The normalized spacial score (nSPS) is 10.1. The molecule has 81 valence electrons. The van der Waals surface area contributed by atoms with Gasteiger partial charge in [-0.25, -0.2) is 4.79 Å². The average Bonchev–Trinajstić information content (AvgIpc) is 2.19. The van der Waals surface area contributed by atoms with Crippen molar-refractivity contribution >= 4 is 6.09 Å². The van der Waals surface area contributed by atoms with Gasteiger partial charge in [-0.3, -0.25) is 0 Å². The van der Waals surface area contributed by atoms with E-state index in [4.69, 9.17) is 4.74 Å². The van der Waals surface area contributed by atoms with E-state index < -0.39 is 0 Å². The number of carbonyl (C=O) groups is 1. The lowest BCUT2D eigenvalue weighted by Crippen LogP contribution is -2.38. The number of hydrogen-bond donors (Lipinski definition) is 0. The molecule has 0 aliphatic carbocycles. The molecule has 0 heterocycles. The average molecular weight is 206 g/mol. The third-order valence-electron chi connectivity index (χ3n) is 2.05. The van der Waals surface area contributed by atoms with Gasteiger partial charge in [-0.15, -0.1) is 0 Å². The van der Waals surface area contributed by atoms with E-state index in [1.165, 1.54) is 0 Å². The molecule has 0 N–H and O–H groups in total. The van der Waals surface area contributed by atoms with Crippen molar-refractivity contribution in [2.75, 3.05) is 6.54 Å². The number of nitrogens with zero attached hydrogens (tertiary/aromatic N) is 1.